The van der Waals surface area contributed by atoms with Crippen LogP contribution < -0.4 is 16.2 Å². The van der Waals surface area contributed by atoms with Crippen molar-refractivity contribution in [2.24, 2.45) is 0 Å². The van der Waals surface area contributed by atoms with Crippen LogP contribution in [-0.2, 0) is 22.7 Å². The van der Waals surface area contributed by atoms with E-state index in [2.05, 4.69) is 20.6 Å². The Labute approximate surface area is 192 Å². The van der Waals surface area contributed by atoms with Gasteiger partial charge < -0.3 is 10.6 Å². The molecule has 164 valence electrons. The molecule has 0 bridgehead atoms. The van der Waals surface area contributed by atoms with Crippen LogP contribution in [0.5, 0.6) is 0 Å². The van der Waals surface area contributed by atoms with Crippen molar-refractivity contribution in [3.63, 3.8) is 0 Å². The lowest BCUT2D eigenvalue weighted by molar-refractivity contribution is -0.119. The predicted octanol–water partition coefficient (Wildman–Crippen LogP) is 3.55. The second-order valence-corrected chi connectivity index (χ2v) is 9.25. The van der Waals surface area contributed by atoms with E-state index < -0.39 is 0 Å². The first-order chi connectivity index (χ1) is 15.4. The third-order valence-electron chi connectivity index (χ3n) is 4.81. The molecule has 0 unspecified atom stereocenters. The zero-order valence-electron chi connectivity index (χ0n) is 17.5. The molecule has 0 radical (unpaired) electrons. The van der Waals surface area contributed by atoms with Gasteiger partial charge in [0.2, 0.25) is 11.8 Å². The Morgan fingerprint density at radius 1 is 1.19 bits per heavy atom. The van der Waals surface area contributed by atoms with Crippen molar-refractivity contribution in [2.45, 2.75) is 33.4 Å². The number of nitrogens with zero attached hydrogens (tertiary/aromatic N) is 3. The predicted molar refractivity (Wildman–Crippen MR) is 127 cm³/mol. The van der Waals surface area contributed by atoms with E-state index in [-0.39, 0.29) is 30.3 Å². The number of nitrogens with one attached hydrogen (secondary N) is 2. The number of carbonyl (C=O) groups excluding carboxylic acids is 2. The van der Waals surface area contributed by atoms with Gasteiger partial charge in [-0.05, 0) is 30.7 Å². The maximum atomic E-state index is 12.7. The third-order valence-corrected chi connectivity index (χ3v) is 6.68. The largest absolute Gasteiger partial charge is 0.351 e. The van der Waals surface area contributed by atoms with Crippen molar-refractivity contribution in [1.82, 2.24) is 19.9 Å². The van der Waals surface area contributed by atoms with Crippen molar-refractivity contribution in [2.75, 3.05) is 5.32 Å². The standard InChI is InChI=1S/C22H21N5O3S2/c1-13-4-3-5-16-20(13)24-12-27(21(16)30)9-8-19(29)26-22-25-17(11-31-22)18-7-6-15(32-18)10-23-14(2)28/h3-7,11-12H,8-10H2,1-2H3,(H,23,28)(H,25,26,29). The summed E-state index contributed by atoms with van der Waals surface area (Å²) in [5.74, 6) is -0.296. The fourth-order valence-electron chi connectivity index (χ4n) is 3.17. The number of carbonyl (C=O) groups is 2. The first kappa shape index (κ1) is 21.8. The van der Waals surface area contributed by atoms with Gasteiger partial charge in [-0.25, -0.2) is 9.97 Å². The lowest BCUT2D eigenvalue weighted by atomic mass is 10.1. The molecular weight excluding hydrogens is 446 g/mol. The van der Waals surface area contributed by atoms with Gasteiger partial charge >= 0.3 is 0 Å². The fourth-order valence-corrected chi connectivity index (χ4v) is 4.88. The van der Waals surface area contributed by atoms with Gasteiger partial charge in [-0.1, -0.05) is 12.1 Å². The molecule has 2 N–H and O–H groups in total. The number of para-hydroxylation sites is 1. The number of thiophene rings is 1. The van der Waals surface area contributed by atoms with Crippen LogP contribution in [0.3, 0.4) is 0 Å². The van der Waals surface area contributed by atoms with Gasteiger partial charge in [-0.3, -0.25) is 19.0 Å². The van der Waals surface area contributed by atoms with E-state index in [1.165, 1.54) is 29.2 Å². The molecular formula is C22H21N5O3S2. The number of aromatic nitrogens is 3. The van der Waals surface area contributed by atoms with Gasteiger partial charge in [0.15, 0.2) is 5.13 Å². The smallest absolute Gasteiger partial charge is 0.261 e. The minimum Gasteiger partial charge on any atom is -0.351 e. The van der Waals surface area contributed by atoms with Gasteiger partial charge in [0.25, 0.3) is 5.56 Å². The van der Waals surface area contributed by atoms with E-state index in [0.717, 1.165) is 21.0 Å². The number of hydrogen-bond acceptors (Lipinski definition) is 7. The second-order valence-electron chi connectivity index (χ2n) is 7.23. The average molecular weight is 468 g/mol. The Morgan fingerprint density at radius 2 is 2.03 bits per heavy atom. The van der Waals surface area contributed by atoms with Crippen LogP contribution in [0.1, 0.15) is 23.8 Å². The topological polar surface area (TPSA) is 106 Å². The van der Waals surface area contributed by atoms with E-state index >= 15 is 0 Å². The molecule has 4 rings (SSSR count). The van der Waals surface area contributed by atoms with Crippen LogP contribution in [0.25, 0.3) is 21.5 Å². The van der Waals surface area contributed by atoms with E-state index in [1.54, 1.807) is 17.4 Å². The first-order valence-electron chi connectivity index (χ1n) is 9.94. The summed E-state index contributed by atoms with van der Waals surface area (Å²) in [6.07, 6.45) is 1.62. The highest BCUT2D eigenvalue weighted by Crippen LogP contribution is 2.30. The molecule has 3 aromatic heterocycles. The van der Waals surface area contributed by atoms with Crippen molar-refractivity contribution in [1.29, 1.82) is 0 Å². The van der Waals surface area contributed by atoms with Crippen molar-refractivity contribution < 1.29 is 9.59 Å². The Bertz CT molecular complexity index is 1360. The second kappa shape index (κ2) is 9.41. The monoisotopic (exact) mass is 467 g/mol. The van der Waals surface area contributed by atoms with E-state index in [1.807, 2.05) is 36.6 Å². The quantitative estimate of drug-likeness (QED) is 0.432. The minimum absolute atomic E-state index is 0.0737. The highest BCUT2D eigenvalue weighted by molar-refractivity contribution is 7.17. The molecule has 0 aliphatic rings. The fraction of sp³-hybridized carbons (Fsp3) is 0.227. The summed E-state index contributed by atoms with van der Waals surface area (Å²) in [7, 11) is 0. The Kier molecular flexibility index (Phi) is 6.42. The third kappa shape index (κ3) is 4.92. The number of hydrogen-bond donors (Lipinski definition) is 2. The van der Waals surface area contributed by atoms with Crippen molar-refractivity contribution in [3.05, 3.63) is 62.8 Å². The van der Waals surface area contributed by atoms with Gasteiger partial charge in [0, 0.05) is 30.1 Å². The molecule has 0 saturated heterocycles. The zero-order valence-corrected chi connectivity index (χ0v) is 19.2. The summed E-state index contributed by atoms with van der Waals surface area (Å²) in [6, 6.07) is 9.38. The summed E-state index contributed by atoms with van der Waals surface area (Å²) in [6.45, 7) is 4.11. The molecule has 4 aromatic rings. The zero-order chi connectivity index (χ0) is 22.7. The van der Waals surface area contributed by atoms with Crippen LogP contribution in [-0.4, -0.2) is 26.3 Å². The number of anilines is 1. The molecule has 0 saturated carbocycles. The number of thiazole rings is 1. The van der Waals surface area contributed by atoms with Crippen molar-refractivity contribution >= 4 is 50.5 Å². The summed E-state index contributed by atoms with van der Waals surface area (Å²) >= 11 is 2.88. The Hall–Kier alpha value is -3.37. The molecule has 2 amide bonds. The van der Waals surface area contributed by atoms with E-state index in [0.29, 0.717) is 22.6 Å². The Morgan fingerprint density at radius 3 is 2.84 bits per heavy atom. The number of rotatable bonds is 7. The van der Waals surface area contributed by atoms with E-state index in [9.17, 15) is 14.4 Å². The van der Waals surface area contributed by atoms with Gasteiger partial charge in [0.1, 0.15) is 0 Å². The van der Waals surface area contributed by atoms with Gasteiger partial charge in [0.05, 0.1) is 34.3 Å². The molecule has 1 aromatic carbocycles. The minimum atomic E-state index is -0.223. The van der Waals surface area contributed by atoms with Crippen LogP contribution in [0.2, 0.25) is 0 Å². The molecule has 32 heavy (non-hydrogen) atoms. The van der Waals surface area contributed by atoms with Gasteiger partial charge in [-0.15, -0.1) is 22.7 Å². The molecule has 0 atom stereocenters. The first-order valence-corrected chi connectivity index (χ1v) is 11.6. The molecule has 8 nitrogen and oxygen atoms in total. The van der Waals surface area contributed by atoms with Crippen LogP contribution >= 0.6 is 22.7 Å². The molecule has 0 fully saturated rings. The normalized spacial score (nSPS) is 10.9. The summed E-state index contributed by atoms with van der Waals surface area (Å²) in [5, 5.41) is 8.49. The number of aryl methyl sites for hydroxylation is 2. The SMILES string of the molecule is CC(=O)NCc1ccc(-c2csc(NC(=O)CCn3cnc4c(C)cccc4c3=O)n2)s1. The lowest BCUT2D eigenvalue weighted by Gasteiger charge is -2.07. The lowest BCUT2D eigenvalue weighted by Crippen LogP contribution is -2.23. The molecule has 3 heterocycles. The summed E-state index contributed by atoms with van der Waals surface area (Å²) < 4.78 is 1.46. The van der Waals surface area contributed by atoms with Crippen LogP contribution in [0.4, 0.5) is 5.13 Å². The summed E-state index contributed by atoms with van der Waals surface area (Å²) in [4.78, 5) is 46.9. The van der Waals surface area contributed by atoms with Crippen LogP contribution in [0.15, 0.2) is 46.8 Å². The molecule has 0 aliphatic carbocycles. The maximum absolute atomic E-state index is 12.7. The van der Waals surface area contributed by atoms with E-state index in [4.69, 9.17) is 0 Å². The van der Waals surface area contributed by atoms with Crippen LogP contribution in [0, 0.1) is 6.92 Å². The maximum Gasteiger partial charge on any atom is 0.261 e. The number of amides is 2. The summed E-state index contributed by atoms with van der Waals surface area (Å²) in [5.41, 5.74) is 2.24. The highest BCUT2D eigenvalue weighted by Gasteiger charge is 2.12. The molecule has 0 spiro atoms. The molecule has 10 heteroatoms. The number of benzene rings is 1. The number of fused-ring (bicyclic) bond motifs is 1. The molecule has 0 aliphatic heterocycles. The average Bonchev–Trinajstić information content (AvgIpc) is 3.42. The highest BCUT2D eigenvalue weighted by atomic mass is 32.1. The van der Waals surface area contributed by atoms with Gasteiger partial charge in [-0.2, -0.15) is 0 Å². The Balaban J connectivity index is 1.37. The van der Waals surface area contributed by atoms with Crippen molar-refractivity contribution in [3.8, 4) is 10.6 Å².